The van der Waals surface area contributed by atoms with Crippen LogP contribution in [0.5, 0.6) is 5.75 Å². The zero-order valence-corrected chi connectivity index (χ0v) is 11.7. The van der Waals surface area contributed by atoms with E-state index >= 15 is 0 Å². The quantitative estimate of drug-likeness (QED) is 0.882. The zero-order chi connectivity index (χ0) is 16.6. The molecule has 3 N–H and O–H groups in total. The van der Waals surface area contributed by atoms with Gasteiger partial charge in [-0.25, -0.2) is 14.4 Å². The summed E-state index contributed by atoms with van der Waals surface area (Å²) in [6.07, 6.45) is 0. The molecule has 2 aromatic rings. The first-order valence-corrected chi connectivity index (χ1v) is 6.57. The SMILES string of the molecule is NC(=O)C1=NC(=Nc2ccc(O)c(F)c2)c2ccccc2C1=O. The summed E-state index contributed by atoms with van der Waals surface area (Å²) in [7, 11) is 0. The number of halogens is 1. The summed E-state index contributed by atoms with van der Waals surface area (Å²) in [6, 6.07) is 10.0. The van der Waals surface area contributed by atoms with Gasteiger partial charge in [0, 0.05) is 17.2 Å². The van der Waals surface area contributed by atoms with E-state index in [-0.39, 0.29) is 17.1 Å². The molecular weight excluding hydrogens is 301 g/mol. The summed E-state index contributed by atoms with van der Waals surface area (Å²) in [5.74, 6) is -2.82. The number of phenols is 1. The molecule has 0 bridgehead atoms. The third kappa shape index (κ3) is 2.59. The van der Waals surface area contributed by atoms with E-state index in [4.69, 9.17) is 5.73 Å². The number of Topliss-reactive ketones (excluding diaryl/α,β-unsaturated/α-hetero) is 1. The summed E-state index contributed by atoms with van der Waals surface area (Å²) in [5.41, 5.74) is 5.58. The Morgan fingerprint density at radius 3 is 2.52 bits per heavy atom. The summed E-state index contributed by atoms with van der Waals surface area (Å²) in [5, 5.41) is 9.20. The lowest BCUT2D eigenvalue weighted by atomic mass is 9.96. The van der Waals surface area contributed by atoms with Gasteiger partial charge in [-0.2, -0.15) is 0 Å². The van der Waals surface area contributed by atoms with Crippen LogP contribution >= 0.6 is 0 Å². The van der Waals surface area contributed by atoms with Crippen LogP contribution in [0.1, 0.15) is 15.9 Å². The predicted octanol–water partition coefficient (Wildman–Crippen LogP) is 1.73. The number of ketones is 1. The molecule has 0 unspecified atom stereocenters. The third-order valence-electron chi connectivity index (χ3n) is 3.25. The Kier molecular flexibility index (Phi) is 3.46. The van der Waals surface area contributed by atoms with Crippen molar-refractivity contribution in [3.8, 4) is 5.75 Å². The lowest BCUT2D eigenvalue weighted by Crippen LogP contribution is -2.35. The number of hydrogen-bond acceptors (Lipinski definition) is 4. The number of aromatic hydroxyl groups is 1. The lowest BCUT2D eigenvalue weighted by Gasteiger charge is -2.14. The van der Waals surface area contributed by atoms with Crippen LogP contribution in [0.25, 0.3) is 0 Å². The molecule has 0 saturated heterocycles. The number of nitrogens with zero attached hydrogens (tertiary/aromatic N) is 2. The molecule has 1 amide bonds. The molecule has 7 heteroatoms. The maximum atomic E-state index is 13.4. The highest BCUT2D eigenvalue weighted by atomic mass is 19.1. The van der Waals surface area contributed by atoms with E-state index in [9.17, 15) is 19.1 Å². The van der Waals surface area contributed by atoms with Crippen LogP contribution in [0, 0.1) is 5.82 Å². The van der Waals surface area contributed by atoms with Crippen LogP contribution in [0.3, 0.4) is 0 Å². The Balaban J connectivity index is 2.19. The van der Waals surface area contributed by atoms with Crippen LogP contribution in [0.2, 0.25) is 0 Å². The van der Waals surface area contributed by atoms with Crippen molar-refractivity contribution < 1.29 is 19.1 Å². The highest BCUT2D eigenvalue weighted by molar-refractivity contribution is 6.71. The van der Waals surface area contributed by atoms with E-state index in [1.807, 2.05) is 0 Å². The first-order valence-electron chi connectivity index (χ1n) is 6.57. The second-order valence-corrected chi connectivity index (χ2v) is 4.77. The van der Waals surface area contributed by atoms with Crippen molar-refractivity contribution >= 4 is 28.9 Å². The van der Waals surface area contributed by atoms with E-state index in [0.29, 0.717) is 5.56 Å². The van der Waals surface area contributed by atoms with Crippen LogP contribution in [-0.4, -0.2) is 28.3 Å². The van der Waals surface area contributed by atoms with Gasteiger partial charge < -0.3 is 10.8 Å². The van der Waals surface area contributed by atoms with Gasteiger partial charge >= 0.3 is 0 Å². The van der Waals surface area contributed by atoms with E-state index in [1.165, 1.54) is 12.1 Å². The predicted molar refractivity (Wildman–Crippen MR) is 81.7 cm³/mol. The average molecular weight is 311 g/mol. The van der Waals surface area contributed by atoms with Gasteiger partial charge in [0.1, 0.15) is 0 Å². The number of amides is 1. The highest BCUT2D eigenvalue weighted by Crippen LogP contribution is 2.25. The van der Waals surface area contributed by atoms with E-state index < -0.39 is 29.0 Å². The Labute approximate surface area is 129 Å². The summed E-state index contributed by atoms with van der Waals surface area (Å²) >= 11 is 0. The van der Waals surface area contributed by atoms with Crippen LogP contribution in [-0.2, 0) is 4.79 Å². The average Bonchev–Trinajstić information content (AvgIpc) is 2.53. The van der Waals surface area contributed by atoms with Gasteiger partial charge in [-0.15, -0.1) is 0 Å². The van der Waals surface area contributed by atoms with Gasteiger partial charge in [0.15, 0.2) is 23.1 Å². The first kappa shape index (κ1) is 14.6. The maximum Gasteiger partial charge on any atom is 0.271 e. The van der Waals surface area contributed by atoms with Crippen LogP contribution < -0.4 is 5.73 Å². The number of rotatable bonds is 2. The molecule has 0 radical (unpaired) electrons. The number of fused-ring (bicyclic) bond motifs is 1. The van der Waals surface area contributed by atoms with Crippen molar-refractivity contribution in [3.63, 3.8) is 0 Å². The van der Waals surface area contributed by atoms with Crippen LogP contribution in [0.4, 0.5) is 10.1 Å². The van der Waals surface area contributed by atoms with Crippen molar-refractivity contribution in [1.82, 2.24) is 0 Å². The summed E-state index contributed by atoms with van der Waals surface area (Å²) < 4.78 is 13.4. The molecule has 0 saturated carbocycles. The second kappa shape index (κ2) is 5.45. The number of nitrogens with two attached hydrogens (primary N) is 1. The number of amidine groups is 1. The van der Waals surface area contributed by atoms with Gasteiger partial charge in [0.2, 0.25) is 5.78 Å². The number of hydrogen-bond donors (Lipinski definition) is 2. The maximum absolute atomic E-state index is 13.4. The van der Waals surface area contributed by atoms with Crippen molar-refractivity contribution in [3.05, 3.63) is 59.4 Å². The Bertz CT molecular complexity index is 903. The van der Waals surface area contributed by atoms with E-state index in [1.54, 1.807) is 18.2 Å². The Morgan fingerprint density at radius 2 is 1.87 bits per heavy atom. The molecule has 0 aromatic heterocycles. The molecule has 0 spiro atoms. The minimum Gasteiger partial charge on any atom is -0.505 e. The minimum atomic E-state index is -0.964. The van der Waals surface area contributed by atoms with E-state index in [0.717, 1.165) is 12.1 Å². The van der Waals surface area contributed by atoms with Crippen LogP contribution in [0.15, 0.2) is 52.4 Å². The molecule has 1 aliphatic heterocycles. The van der Waals surface area contributed by atoms with Gasteiger partial charge in [0.25, 0.3) is 5.91 Å². The zero-order valence-electron chi connectivity index (χ0n) is 11.7. The monoisotopic (exact) mass is 311 g/mol. The molecule has 1 heterocycles. The van der Waals surface area contributed by atoms with Crippen molar-refractivity contribution in [1.29, 1.82) is 0 Å². The topological polar surface area (TPSA) is 105 Å². The normalized spacial score (nSPS) is 15.3. The number of carbonyl (C=O) groups excluding carboxylic acids is 2. The number of aliphatic imine (C=N–C) groups is 2. The standard InChI is InChI=1S/C16H10FN3O3/c17-11-7-8(5-6-12(11)21)19-16-10-4-2-1-3-9(10)14(22)13(20-16)15(18)23/h1-7,21H,(H2,18,23). The van der Waals surface area contributed by atoms with Crippen molar-refractivity contribution in [2.45, 2.75) is 0 Å². The molecule has 0 fully saturated rings. The molecule has 0 aliphatic carbocycles. The highest BCUT2D eigenvalue weighted by Gasteiger charge is 2.28. The molecule has 6 nitrogen and oxygen atoms in total. The molecule has 3 rings (SSSR count). The first-order chi connectivity index (χ1) is 11.0. The summed E-state index contributed by atoms with van der Waals surface area (Å²) in [6.45, 7) is 0. The minimum absolute atomic E-state index is 0.0686. The fourth-order valence-electron chi connectivity index (χ4n) is 2.16. The Morgan fingerprint density at radius 1 is 1.17 bits per heavy atom. The number of primary amides is 1. The third-order valence-corrected chi connectivity index (χ3v) is 3.25. The fourth-order valence-corrected chi connectivity index (χ4v) is 2.16. The van der Waals surface area contributed by atoms with Gasteiger partial charge in [-0.3, -0.25) is 9.59 Å². The number of carbonyl (C=O) groups is 2. The summed E-state index contributed by atoms with van der Waals surface area (Å²) in [4.78, 5) is 31.6. The smallest absolute Gasteiger partial charge is 0.271 e. The van der Waals surface area contributed by atoms with Crippen molar-refractivity contribution in [2.75, 3.05) is 0 Å². The fraction of sp³-hybridized carbons (Fsp3) is 0. The van der Waals surface area contributed by atoms with E-state index in [2.05, 4.69) is 9.98 Å². The largest absolute Gasteiger partial charge is 0.505 e. The molecule has 114 valence electrons. The molecule has 1 aliphatic rings. The molecule has 2 aromatic carbocycles. The molecular formula is C16H10FN3O3. The van der Waals surface area contributed by atoms with Crippen molar-refractivity contribution in [2.24, 2.45) is 15.7 Å². The molecule has 0 atom stereocenters. The van der Waals surface area contributed by atoms with Gasteiger partial charge in [-0.05, 0) is 12.1 Å². The van der Waals surface area contributed by atoms with Gasteiger partial charge in [-0.1, -0.05) is 24.3 Å². The number of benzene rings is 2. The second-order valence-electron chi connectivity index (χ2n) is 4.77. The lowest BCUT2D eigenvalue weighted by molar-refractivity contribution is -0.111. The molecule has 23 heavy (non-hydrogen) atoms. The van der Waals surface area contributed by atoms with Gasteiger partial charge in [0.05, 0.1) is 5.69 Å². The Hall–Kier alpha value is -3.35. The number of phenolic OH excluding ortho intramolecular Hbond substituents is 1.